The zero-order valence-corrected chi connectivity index (χ0v) is 16.6. The normalized spacial score (nSPS) is 10.2. The molecule has 6 heteroatoms. The summed E-state index contributed by atoms with van der Waals surface area (Å²) in [5.41, 5.74) is 2.26. The number of hydrogen-bond donors (Lipinski definition) is 1. The van der Waals surface area contributed by atoms with Gasteiger partial charge in [0.1, 0.15) is 13.2 Å². The molecule has 0 aromatic heterocycles. The van der Waals surface area contributed by atoms with E-state index >= 15 is 0 Å². The van der Waals surface area contributed by atoms with Crippen molar-refractivity contribution in [2.24, 2.45) is 0 Å². The van der Waals surface area contributed by atoms with Gasteiger partial charge in [-0.2, -0.15) is 0 Å². The first-order chi connectivity index (χ1) is 14.6. The van der Waals surface area contributed by atoms with Crippen molar-refractivity contribution in [2.45, 2.75) is 6.61 Å². The molecule has 152 valence electrons. The standard InChI is InChI=1S/C24H22N2O4/c1-26(22(27)16-25-24(29)30-17-18-10-4-2-5-11-18)21-15-9-8-14-20(21)23(28)19-12-6-3-7-13-19/h2-15H,16-17H2,1H3,(H,25,29). The molecule has 0 atom stereocenters. The van der Waals surface area contributed by atoms with E-state index in [2.05, 4.69) is 5.32 Å². The molecular formula is C24H22N2O4. The fourth-order valence-corrected chi connectivity index (χ4v) is 2.88. The summed E-state index contributed by atoms with van der Waals surface area (Å²) in [5.74, 6) is -0.555. The smallest absolute Gasteiger partial charge is 0.407 e. The summed E-state index contributed by atoms with van der Waals surface area (Å²) in [4.78, 5) is 38.7. The lowest BCUT2D eigenvalue weighted by atomic mass is 10.0. The number of carbonyl (C=O) groups is 3. The molecule has 3 aromatic rings. The number of ketones is 1. The van der Waals surface area contributed by atoms with Crippen LogP contribution in [0.15, 0.2) is 84.9 Å². The van der Waals surface area contributed by atoms with Crippen LogP contribution in [0.4, 0.5) is 10.5 Å². The van der Waals surface area contributed by atoms with Crippen LogP contribution in [0.5, 0.6) is 0 Å². The van der Waals surface area contributed by atoms with Crippen LogP contribution in [-0.4, -0.2) is 31.4 Å². The number of nitrogens with one attached hydrogen (secondary N) is 1. The predicted molar refractivity (Wildman–Crippen MR) is 114 cm³/mol. The van der Waals surface area contributed by atoms with Gasteiger partial charge in [-0.1, -0.05) is 72.8 Å². The van der Waals surface area contributed by atoms with E-state index in [-0.39, 0.29) is 24.8 Å². The number of nitrogens with zero attached hydrogens (tertiary/aromatic N) is 1. The molecule has 0 saturated carbocycles. The van der Waals surface area contributed by atoms with Crippen LogP contribution in [0.25, 0.3) is 0 Å². The van der Waals surface area contributed by atoms with Crippen LogP contribution >= 0.6 is 0 Å². The quantitative estimate of drug-likeness (QED) is 0.610. The van der Waals surface area contributed by atoms with Crippen LogP contribution < -0.4 is 10.2 Å². The van der Waals surface area contributed by atoms with E-state index in [0.717, 1.165) is 5.56 Å². The molecule has 1 N–H and O–H groups in total. The predicted octanol–water partition coefficient (Wildman–Crippen LogP) is 3.81. The molecule has 3 rings (SSSR count). The number of ether oxygens (including phenoxy) is 1. The molecule has 0 spiro atoms. The summed E-state index contributed by atoms with van der Waals surface area (Å²) in [5, 5.41) is 2.45. The third-order valence-corrected chi connectivity index (χ3v) is 4.52. The summed E-state index contributed by atoms with van der Waals surface area (Å²) >= 11 is 0. The molecule has 2 amide bonds. The Balaban J connectivity index is 1.61. The van der Waals surface area contributed by atoms with Gasteiger partial charge in [0, 0.05) is 18.2 Å². The van der Waals surface area contributed by atoms with Crippen molar-refractivity contribution in [1.29, 1.82) is 0 Å². The van der Waals surface area contributed by atoms with Gasteiger partial charge in [-0.05, 0) is 17.7 Å². The lowest BCUT2D eigenvalue weighted by Gasteiger charge is -2.20. The number of para-hydroxylation sites is 1. The fourth-order valence-electron chi connectivity index (χ4n) is 2.88. The first kappa shape index (κ1) is 20.8. The molecule has 30 heavy (non-hydrogen) atoms. The maximum Gasteiger partial charge on any atom is 0.407 e. The largest absolute Gasteiger partial charge is 0.445 e. The molecule has 0 unspecified atom stereocenters. The van der Waals surface area contributed by atoms with E-state index in [1.54, 1.807) is 55.6 Å². The van der Waals surface area contributed by atoms with Crippen LogP contribution in [0, 0.1) is 0 Å². The highest BCUT2D eigenvalue weighted by molar-refractivity contribution is 6.14. The minimum absolute atomic E-state index is 0.116. The molecule has 0 bridgehead atoms. The summed E-state index contributed by atoms with van der Waals surface area (Å²) in [6.07, 6.45) is -0.686. The van der Waals surface area contributed by atoms with E-state index in [1.807, 2.05) is 36.4 Å². The average molecular weight is 402 g/mol. The van der Waals surface area contributed by atoms with Gasteiger partial charge in [0.05, 0.1) is 5.69 Å². The van der Waals surface area contributed by atoms with Crippen molar-refractivity contribution in [1.82, 2.24) is 5.32 Å². The van der Waals surface area contributed by atoms with E-state index in [0.29, 0.717) is 16.8 Å². The molecule has 0 aliphatic rings. The van der Waals surface area contributed by atoms with Gasteiger partial charge in [0.25, 0.3) is 0 Å². The van der Waals surface area contributed by atoms with Crippen LogP contribution in [-0.2, 0) is 16.1 Å². The molecule has 0 fully saturated rings. The summed E-state index contributed by atoms with van der Waals surface area (Å²) in [7, 11) is 1.57. The van der Waals surface area contributed by atoms with Crippen LogP contribution in [0.2, 0.25) is 0 Å². The lowest BCUT2D eigenvalue weighted by molar-refractivity contribution is -0.117. The zero-order chi connectivity index (χ0) is 21.3. The minimum atomic E-state index is -0.686. The number of amides is 2. The fraction of sp³-hybridized carbons (Fsp3) is 0.125. The molecule has 6 nitrogen and oxygen atoms in total. The van der Waals surface area contributed by atoms with Gasteiger partial charge < -0.3 is 15.0 Å². The number of likely N-dealkylation sites (N-methyl/N-ethyl adjacent to an activating group) is 1. The first-order valence-electron chi connectivity index (χ1n) is 9.46. The molecule has 3 aromatic carbocycles. The highest BCUT2D eigenvalue weighted by atomic mass is 16.5. The first-order valence-corrected chi connectivity index (χ1v) is 9.46. The van der Waals surface area contributed by atoms with Gasteiger partial charge in [0.15, 0.2) is 5.78 Å². The van der Waals surface area contributed by atoms with Gasteiger partial charge in [-0.15, -0.1) is 0 Å². The van der Waals surface area contributed by atoms with Crippen LogP contribution in [0.3, 0.4) is 0 Å². The summed E-state index contributed by atoms with van der Waals surface area (Å²) in [6, 6.07) is 25.0. The van der Waals surface area contributed by atoms with E-state index in [4.69, 9.17) is 4.74 Å². The highest BCUT2D eigenvalue weighted by Crippen LogP contribution is 2.22. The van der Waals surface area contributed by atoms with Crippen molar-refractivity contribution >= 4 is 23.5 Å². The second-order valence-electron chi connectivity index (χ2n) is 6.58. The Morgan fingerprint density at radius 2 is 1.43 bits per heavy atom. The molecule has 0 saturated heterocycles. The van der Waals surface area contributed by atoms with Gasteiger partial charge in [-0.3, -0.25) is 9.59 Å². The Labute approximate surface area is 175 Å². The van der Waals surface area contributed by atoms with Crippen molar-refractivity contribution < 1.29 is 19.1 Å². The SMILES string of the molecule is CN(C(=O)CNC(=O)OCc1ccccc1)c1ccccc1C(=O)c1ccccc1. The van der Waals surface area contributed by atoms with Crippen molar-refractivity contribution in [2.75, 3.05) is 18.5 Å². The second-order valence-corrected chi connectivity index (χ2v) is 6.58. The Bertz CT molecular complexity index is 1020. The highest BCUT2D eigenvalue weighted by Gasteiger charge is 2.19. The number of rotatable bonds is 7. The Hall–Kier alpha value is -3.93. The monoisotopic (exact) mass is 402 g/mol. The number of carbonyl (C=O) groups excluding carboxylic acids is 3. The number of anilines is 1. The number of benzene rings is 3. The van der Waals surface area contributed by atoms with Crippen molar-refractivity contribution in [3.8, 4) is 0 Å². The van der Waals surface area contributed by atoms with E-state index in [1.165, 1.54) is 4.90 Å². The second kappa shape index (κ2) is 10.0. The van der Waals surface area contributed by atoms with Gasteiger partial charge in [-0.25, -0.2) is 4.79 Å². The Morgan fingerprint density at radius 3 is 2.13 bits per heavy atom. The maximum atomic E-state index is 12.9. The Morgan fingerprint density at radius 1 is 0.833 bits per heavy atom. The average Bonchev–Trinajstić information content (AvgIpc) is 2.81. The number of hydrogen-bond acceptors (Lipinski definition) is 4. The summed E-state index contributed by atoms with van der Waals surface area (Å²) in [6.45, 7) is -0.136. The third-order valence-electron chi connectivity index (χ3n) is 4.52. The van der Waals surface area contributed by atoms with Crippen LogP contribution in [0.1, 0.15) is 21.5 Å². The lowest BCUT2D eigenvalue weighted by Crippen LogP contribution is -2.39. The minimum Gasteiger partial charge on any atom is -0.445 e. The topological polar surface area (TPSA) is 75.7 Å². The molecule has 0 radical (unpaired) electrons. The van der Waals surface area contributed by atoms with Gasteiger partial charge >= 0.3 is 6.09 Å². The molecule has 0 heterocycles. The van der Waals surface area contributed by atoms with Crippen molar-refractivity contribution in [3.05, 3.63) is 102 Å². The van der Waals surface area contributed by atoms with Gasteiger partial charge in [0.2, 0.25) is 5.91 Å². The molecule has 0 aliphatic carbocycles. The maximum absolute atomic E-state index is 12.9. The molecular weight excluding hydrogens is 380 g/mol. The zero-order valence-electron chi connectivity index (χ0n) is 16.6. The summed E-state index contributed by atoms with van der Waals surface area (Å²) < 4.78 is 5.11. The Kier molecular flexibility index (Phi) is 6.95. The van der Waals surface area contributed by atoms with E-state index in [9.17, 15) is 14.4 Å². The molecule has 0 aliphatic heterocycles. The third kappa shape index (κ3) is 5.32. The van der Waals surface area contributed by atoms with E-state index < -0.39 is 6.09 Å². The number of alkyl carbamates (subject to hydrolysis) is 1. The van der Waals surface area contributed by atoms with Crippen molar-refractivity contribution in [3.63, 3.8) is 0 Å².